The Labute approximate surface area is 171 Å². The molecular weight excluding hydrogens is 370 g/mol. The molecule has 150 valence electrons. The van der Waals surface area contributed by atoms with Crippen LogP contribution in [0.3, 0.4) is 0 Å². The number of hydrogen-bond acceptors (Lipinski definition) is 4. The van der Waals surface area contributed by atoms with Crippen LogP contribution in [0.5, 0.6) is 0 Å². The smallest absolute Gasteiger partial charge is 0.225 e. The Kier molecular flexibility index (Phi) is 5.64. The first-order valence-corrected chi connectivity index (χ1v) is 10.7. The minimum Gasteiger partial charge on any atom is -0.342 e. The average molecular weight is 400 g/mol. The molecule has 4 rings (SSSR count). The van der Waals surface area contributed by atoms with Gasteiger partial charge in [-0.25, -0.2) is 4.68 Å². The number of aromatic nitrogens is 3. The van der Waals surface area contributed by atoms with E-state index in [1.54, 1.807) is 0 Å². The maximum atomic E-state index is 12.6. The summed E-state index contributed by atoms with van der Waals surface area (Å²) in [7, 11) is 0. The van der Waals surface area contributed by atoms with Crippen LogP contribution in [0, 0.1) is 24.5 Å². The summed E-state index contributed by atoms with van der Waals surface area (Å²) in [4.78, 5) is 17.0. The van der Waals surface area contributed by atoms with Crippen molar-refractivity contribution in [1.29, 1.82) is 0 Å². The second kappa shape index (κ2) is 8.17. The van der Waals surface area contributed by atoms with E-state index in [1.807, 2.05) is 15.6 Å². The third-order valence-electron chi connectivity index (χ3n) is 6.03. The van der Waals surface area contributed by atoms with Crippen molar-refractivity contribution in [2.45, 2.75) is 46.2 Å². The van der Waals surface area contributed by atoms with Crippen molar-refractivity contribution in [3.05, 3.63) is 40.4 Å². The number of piperidine rings is 1. The topological polar surface area (TPSA) is 46.3 Å². The highest BCUT2D eigenvalue weighted by Crippen LogP contribution is 2.23. The third kappa shape index (κ3) is 3.91. The monoisotopic (exact) mass is 399 g/mol. The highest BCUT2D eigenvalue weighted by atomic mass is 32.1. The van der Waals surface area contributed by atoms with Gasteiger partial charge in [0, 0.05) is 32.1 Å². The van der Waals surface area contributed by atoms with Crippen LogP contribution in [0.4, 0.5) is 0 Å². The van der Waals surface area contributed by atoms with Crippen LogP contribution in [-0.4, -0.2) is 56.2 Å². The van der Waals surface area contributed by atoms with E-state index in [-0.39, 0.29) is 5.92 Å². The first-order chi connectivity index (χ1) is 13.5. The molecule has 0 atom stereocenters. The molecule has 2 aliphatic rings. The number of carbonyl (C=O) groups excluding carboxylic acids is 1. The second-order valence-electron chi connectivity index (χ2n) is 8.14. The number of likely N-dealkylation sites (tertiary alicyclic amines) is 2. The average Bonchev–Trinajstić information content (AvgIpc) is 3.34. The summed E-state index contributed by atoms with van der Waals surface area (Å²) < 4.78 is 4.58. The van der Waals surface area contributed by atoms with Crippen LogP contribution in [0.2, 0.25) is 0 Å². The fraction of sp³-hybridized carbons (Fsp3) is 0.571. The maximum absolute atomic E-state index is 12.6. The number of benzene rings is 1. The summed E-state index contributed by atoms with van der Waals surface area (Å²) in [5.74, 6) is 0.558. The van der Waals surface area contributed by atoms with E-state index < -0.39 is 0 Å². The van der Waals surface area contributed by atoms with Gasteiger partial charge in [0.25, 0.3) is 0 Å². The molecule has 0 bridgehead atoms. The van der Waals surface area contributed by atoms with E-state index in [2.05, 4.69) is 46.9 Å². The Bertz CT molecular complexity index is 904. The summed E-state index contributed by atoms with van der Waals surface area (Å²) in [6, 6.07) is 6.36. The molecule has 7 heteroatoms. The Morgan fingerprint density at radius 3 is 2.54 bits per heavy atom. The summed E-state index contributed by atoms with van der Waals surface area (Å²) in [6.45, 7) is 8.61. The molecule has 0 spiro atoms. The number of hydrogen-bond donors (Lipinski definition) is 0. The number of nitrogens with zero attached hydrogens (tertiary/aromatic N) is 5. The van der Waals surface area contributed by atoms with E-state index in [9.17, 15) is 4.79 Å². The first kappa shape index (κ1) is 19.3. The zero-order valence-corrected chi connectivity index (χ0v) is 17.6. The minimum absolute atomic E-state index is 0.190. The third-order valence-corrected chi connectivity index (χ3v) is 6.44. The molecule has 3 heterocycles. The highest BCUT2D eigenvalue weighted by Gasteiger charge is 2.29. The first-order valence-electron chi connectivity index (χ1n) is 10.3. The van der Waals surface area contributed by atoms with Gasteiger partial charge in [-0.3, -0.25) is 14.3 Å². The molecule has 0 N–H and O–H groups in total. The largest absolute Gasteiger partial charge is 0.342 e. The lowest BCUT2D eigenvalue weighted by molar-refractivity contribution is -0.136. The molecule has 2 aliphatic heterocycles. The van der Waals surface area contributed by atoms with Crippen LogP contribution in [0.25, 0.3) is 5.69 Å². The molecule has 6 nitrogen and oxygen atoms in total. The van der Waals surface area contributed by atoms with E-state index >= 15 is 0 Å². The van der Waals surface area contributed by atoms with Gasteiger partial charge in [0.15, 0.2) is 0 Å². The van der Waals surface area contributed by atoms with Gasteiger partial charge >= 0.3 is 0 Å². The van der Waals surface area contributed by atoms with Crippen molar-refractivity contribution in [1.82, 2.24) is 24.1 Å². The second-order valence-corrected chi connectivity index (χ2v) is 8.50. The van der Waals surface area contributed by atoms with Crippen molar-refractivity contribution < 1.29 is 4.79 Å². The van der Waals surface area contributed by atoms with Crippen molar-refractivity contribution in [2.24, 2.45) is 5.92 Å². The quantitative estimate of drug-likeness (QED) is 0.740. The standard InChI is InChI=1S/C21H29N5OS/c1-16-5-6-19(17(2)13-16)25-14-22-26(21(25)28)15-23-11-7-18(8-12-23)20(27)24-9-3-4-10-24/h5-6,13-14,18H,3-4,7-12,15H2,1-2H3. The zero-order chi connectivity index (χ0) is 19.7. The van der Waals surface area contributed by atoms with Gasteiger partial charge in [0.2, 0.25) is 10.7 Å². The summed E-state index contributed by atoms with van der Waals surface area (Å²) in [5.41, 5.74) is 3.51. The number of carbonyl (C=O) groups is 1. The van der Waals surface area contributed by atoms with Gasteiger partial charge in [-0.05, 0) is 63.4 Å². The predicted octanol–water partition coefficient (Wildman–Crippen LogP) is 3.31. The Morgan fingerprint density at radius 1 is 1.14 bits per heavy atom. The molecule has 1 aromatic heterocycles. The zero-order valence-electron chi connectivity index (χ0n) is 16.8. The van der Waals surface area contributed by atoms with Crippen LogP contribution < -0.4 is 0 Å². The number of aryl methyl sites for hydroxylation is 2. The van der Waals surface area contributed by atoms with Crippen molar-refractivity contribution in [3.63, 3.8) is 0 Å². The Hall–Kier alpha value is -1.99. The molecule has 0 aliphatic carbocycles. The number of rotatable bonds is 4. The SMILES string of the molecule is Cc1ccc(-n2cnn(CN3CCC(C(=O)N4CCCC4)CC3)c2=S)c(C)c1. The lowest BCUT2D eigenvalue weighted by Crippen LogP contribution is -2.42. The maximum Gasteiger partial charge on any atom is 0.225 e. The summed E-state index contributed by atoms with van der Waals surface area (Å²) in [5, 5.41) is 4.53. The fourth-order valence-corrected chi connectivity index (χ4v) is 4.63. The minimum atomic E-state index is 0.190. The molecule has 2 saturated heterocycles. The molecule has 2 aromatic rings. The van der Waals surface area contributed by atoms with Gasteiger partial charge in [-0.15, -0.1) is 0 Å². The normalized spacial score (nSPS) is 18.7. The van der Waals surface area contributed by atoms with Crippen LogP contribution in [-0.2, 0) is 11.5 Å². The molecule has 1 aromatic carbocycles. The van der Waals surface area contributed by atoms with Crippen LogP contribution in [0.1, 0.15) is 36.8 Å². The molecule has 0 unspecified atom stereocenters. The van der Waals surface area contributed by atoms with Crippen molar-refractivity contribution in [2.75, 3.05) is 26.2 Å². The fourth-order valence-electron chi connectivity index (χ4n) is 4.38. The van der Waals surface area contributed by atoms with E-state index in [1.165, 1.54) is 11.1 Å². The number of amides is 1. The molecule has 1 amide bonds. The highest BCUT2D eigenvalue weighted by molar-refractivity contribution is 7.71. The van der Waals surface area contributed by atoms with Gasteiger partial charge < -0.3 is 4.90 Å². The molecular formula is C21H29N5OS. The molecule has 2 fully saturated rings. The van der Waals surface area contributed by atoms with Gasteiger partial charge in [0.05, 0.1) is 12.4 Å². The van der Waals surface area contributed by atoms with Crippen molar-refractivity contribution in [3.8, 4) is 5.69 Å². The van der Waals surface area contributed by atoms with Crippen molar-refractivity contribution >= 4 is 18.1 Å². The molecule has 28 heavy (non-hydrogen) atoms. The van der Waals surface area contributed by atoms with Crippen LogP contribution in [0.15, 0.2) is 24.5 Å². The van der Waals surface area contributed by atoms with E-state index in [0.29, 0.717) is 17.3 Å². The Morgan fingerprint density at radius 2 is 1.86 bits per heavy atom. The lowest BCUT2D eigenvalue weighted by Gasteiger charge is -2.32. The summed E-state index contributed by atoms with van der Waals surface area (Å²) >= 11 is 5.68. The predicted molar refractivity (Wildman–Crippen MR) is 112 cm³/mol. The van der Waals surface area contributed by atoms with Gasteiger partial charge in [0.1, 0.15) is 6.33 Å². The molecule has 0 radical (unpaired) electrons. The lowest BCUT2D eigenvalue weighted by atomic mass is 9.95. The van der Waals surface area contributed by atoms with Gasteiger partial charge in [-0.2, -0.15) is 5.10 Å². The van der Waals surface area contributed by atoms with E-state index in [4.69, 9.17) is 12.2 Å². The molecule has 0 saturated carbocycles. The van der Waals surface area contributed by atoms with E-state index in [0.717, 1.165) is 57.5 Å². The Balaban J connectivity index is 1.39. The van der Waals surface area contributed by atoms with Crippen LogP contribution >= 0.6 is 12.2 Å². The van der Waals surface area contributed by atoms with Gasteiger partial charge in [-0.1, -0.05) is 17.7 Å². The summed E-state index contributed by atoms with van der Waals surface area (Å²) in [6.07, 6.45) is 5.99.